The molecule has 4 aliphatic rings. The third kappa shape index (κ3) is 6.39. The number of nitrogens with zero attached hydrogens (tertiary/aromatic N) is 4. The maximum atomic E-state index is 9.26. The minimum atomic E-state index is 0.225. The third-order valence-electron chi connectivity index (χ3n) is 14.5. The number of fused-ring (bicyclic) bond motifs is 2. The maximum absolute atomic E-state index is 9.26. The summed E-state index contributed by atoms with van der Waals surface area (Å²) < 4.78 is 0. The zero-order valence-corrected chi connectivity index (χ0v) is 34.5. The number of hydrogen-bond donors (Lipinski definition) is 0. The Kier molecular flexibility index (Phi) is 8.54. The van der Waals surface area contributed by atoms with E-state index in [-0.39, 0.29) is 10.8 Å². The lowest BCUT2D eigenvalue weighted by molar-refractivity contribution is -0.0281. The van der Waals surface area contributed by atoms with E-state index < -0.39 is 0 Å². The van der Waals surface area contributed by atoms with Crippen LogP contribution in [-0.4, -0.2) is 15.0 Å². The minimum Gasteiger partial charge on any atom is -0.208 e. The standard InChI is InChI=1S/C58H44N4/c59-36-38-9-11-43(12-10-38)45-21-25-52(26-22-45)57-32-39-29-40(33-57)35-58(34-39,37-57)53-27-23-46(24-28-53)44-13-17-47(18-14-44)54-60-55(50-19-15-41-5-1-3-7-48(41)30-50)62-56(61-54)51-20-16-42-6-2-4-8-49(42)31-51/h1-28,30-31,39-40H,29,32-35,37H2. The van der Waals surface area contributed by atoms with Gasteiger partial charge >= 0.3 is 0 Å². The first-order valence-corrected chi connectivity index (χ1v) is 22.1. The van der Waals surface area contributed by atoms with E-state index in [1.54, 1.807) is 0 Å². The van der Waals surface area contributed by atoms with Gasteiger partial charge < -0.3 is 0 Å². The predicted molar refractivity (Wildman–Crippen MR) is 251 cm³/mol. The van der Waals surface area contributed by atoms with Gasteiger partial charge in [-0.3, -0.25) is 0 Å². The Labute approximate surface area is 362 Å². The minimum absolute atomic E-state index is 0.225. The van der Waals surface area contributed by atoms with E-state index in [0.29, 0.717) is 23.0 Å². The van der Waals surface area contributed by atoms with Crippen LogP contribution in [0.2, 0.25) is 0 Å². The zero-order chi connectivity index (χ0) is 41.3. The van der Waals surface area contributed by atoms with Crippen molar-refractivity contribution in [3.8, 4) is 62.5 Å². The van der Waals surface area contributed by atoms with E-state index in [0.717, 1.165) is 44.9 Å². The van der Waals surface area contributed by atoms with E-state index in [2.05, 4.69) is 176 Å². The van der Waals surface area contributed by atoms with Crippen molar-refractivity contribution in [3.05, 3.63) is 199 Å². The predicted octanol–water partition coefficient (Wildman–Crippen LogP) is 14.2. The molecule has 1 aromatic heterocycles. The summed E-state index contributed by atoms with van der Waals surface area (Å²) in [7, 11) is 0. The van der Waals surface area contributed by atoms with Gasteiger partial charge in [-0.25, -0.2) is 15.0 Å². The Morgan fingerprint density at radius 2 is 0.742 bits per heavy atom. The van der Waals surface area contributed by atoms with Gasteiger partial charge in [-0.1, -0.05) is 158 Å². The summed E-state index contributed by atoms with van der Waals surface area (Å²) in [6, 6.07) is 67.6. The van der Waals surface area contributed by atoms with Crippen molar-refractivity contribution >= 4 is 21.5 Å². The number of nitriles is 1. The second kappa shape index (κ2) is 14.5. The van der Waals surface area contributed by atoms with Crippen LogP contribution in [0.5, 0.6) is 0 Å². The SMILES string of the molecule is N#Cc1ccc(-c2ccc(C34CC5CC(C3)CC(c3ccc(-c6ccc(-c7nc(-c8ccc9ccccc9c8)nc(-c8ccc9ccccc9c8)n7)cc6)cc3)(C5)C4)cc2)cc1. The van der Waals surface area contributed by atoms with Gasteiger partial charge in [0, 0.05) is 16.7 Å². The van der Waals surface area contributed by atoms with Gasteiger partial charge in [-0.05, 0) is 140 Å². The first-order chi connectivity index (χ1) is 30.5. The monoisotopic (exact) mass is 796 g/mol. The molecule has 0 aliphatic heterocycles. The molecule has 4 fully saturated rings. The average molecular weight is 797 g/mol. The fraction of sp³-hybridized carbons (Fsp3) is 0.172. The topological polar surface area (TPSA) is 62.5 Å². The van der Waals surface area contributed by atoms with Crippen LogP contribution in [0.25, 0.3) is 78.0 Å². The van der Waals surface area contributed by atoms with Crippen LogP contribution in [0.1, 0.15) is 55.2 Å². The molecule has 2 unspecified atom stereocenters. The summed E-state index contributed by atoms with van der Waals surface area (Å²) in [4.78, 5) is 15.2. The summed E-state index contributed by atoms with van der Waals surface area (Å²) in [5.74, 6) is 3.54. The molecular weight excluding hydrogens is 753 g/mol. The Hall–Kier alpha value is -7.22. The molecule has 4 nitrogen and oxygen atoms in total. The van der Waals surface area contributed by atoms with Crippen molar-refractivity contribution in [3.63, 3.8) is 0 Å². The van der Waals surface area contributed by atoms with Crippen molar-refractivity contribution in [1.29, 1.82) is 5.26 Å². The van der Waals surface area contributed by atoms with Crippen LogP contribution in [-0.2, 0) is 10.8 Å². The number of aromatic nitrogens is 3. The molecule has 0 N–H and O–H groups in total. The van der Waals surface area contributed by atoms with Crippen LogP contribution in [0.15, 0.2) is 182 Å². The number of benzene rings is 8. The van der Waals surface area contributed by atoms with E-state index in [1.807, 2.05) is 12.1 Å². The molecule has 2 atom stereocenters. The molecule has 0 spiro atoms. The Morgan fingerprint density at radius 3 is 1.18 bits per heavy atom. The molecule has 296 valence electrons. The van der Waals surface area contributed by atoms with Gasteiger partial charge in [0.25, 0.3) is 0 Å². The first kappa shape index (κ1) is 36.6. The highest BCUT2D eigenvalue weighted by molar-refractivity contribution is 5.88. The molecule has 9 aromatic rings. The number of hydrogen-bond acceptors (Lipinski definition) is 4. The van der Waals surface area contributed by atoms with Crippen molar-refractivity contribution in [2.75, 3.05) is 0 Å². The molecule has 4 saturated carbocycles. The Bertz CT molecular complexity index is 3080. The van der Waals surface area contributed by atoms with Crippen LogP contribution < -0.4 is 0 Å². The first-order valence-electron chi connectivity index (χ1n) is 22.1. The van der Waals surface area contributed by atoms with E-state index >= 15 is 0 Å². The molecule has 4 heteroatoms. The zero-order valence-electron chi connectivity index (χ0n) is 34.5. The highest BCUT2D eigenvalue weighted by Crippen LogP contribution is 2.66. The van der Waals surface area contributed by atoms with Crippen molar-refractivity contribution in [2.45, 2.75) is 49.4 Å². The molecule has 4 aliphatic carbocycles. The van der Waals surface area contributed by atoms with Crippen molar-refractivity contribution < 1.29 is 0 Å². The average Bonchev–Trinajstić information content (AvgIpc) is 3.33. The van der Waals surface area contributed by atoms with Crippen LogP contribution in [0, 0.1) is 23.2 Å². The van der Waals surface area contributed by atoms with Crippen LogP contribution >= 0.6 is 0 Å². The summed E-state index contributed by atoms with van der Waals surface area (Å²) >= 11 is 0. The molecule has 13 rings (SSSR count). The summed E-state index contributed by atoms with van der Waals surface area (Å²) in [5.41, 5.74) is 11.9. The molecular formula is C58H44N4. The van der Waals surface area contributed by atoms with E-state index in [4.69, 9.17) is 15.0 Å². The second-order valence-corrected chi connectivity index (χ2v) is 18.4. The molecule has 1 heterocycles. The Balaban J connectivity index is 0.834. The molecule has 0 amide bonds. The van der Waals surface area contributed by atoms with E-state index in [1.165, 1.54) is 77.1 Å². The van der Waals surface area contributed by atoms with E-state index in [9.17, 15) is 5.26 Å². The largest absolute Gasteiger partial charge is 0.208 e. The molecule has 4 bridgehead atoms. The van der Waals surface area contributed by atoms with Crippen molar-refractivity contribution in [2.24, 2.45) is 11.8 Å². The summed E-state index contributed by atoms with van der Waals surface area (Å²) in [5, 5.41) is 13.9. The van der Waals surface area contributed by atoms with Gasteiger partial charge in [-0.15, -0.1) is 0 Å². The fourth-order valence-electron chi connectivity index (χ4n) is 11.9. The normalized spacial score (nSPS) is 21.3. The lowest BCUT2D eigenvalue weighted by Gasteiger charge is -2.63. The van der Waals surface area contributed by atoms with Gasteiger partial charge in [-0.2, -0.15) is 5.26 Å². The lowest BCUT2D eigenvalue weighted by atomic mass is 9.41. The highest BCUT2D eigenvalue weighted by Gasteiger charge is 2.58. The quantitative estimate of drug-likeness (QED) is 0.161. The van der Waals surface area contributed by atoms with Crippen LogP contribution in [0.3, 0.4) is 0 Å². The molecule has 62 heavy (non-hydrogen) atoms. The van der Waals surface area contributed by atoms with Gasteiger partial charge in [0.05, 0.1) is 11.6 Å². The van der Waals surface area contributed by atoms with Gasteiger partial charge in [0.15, 0.2) is 17.5 Å². The third-order valence-corrected chi connectivity index (χ3v) is 14.5. The van der Waals surface area contributed by atoms with Gasteiger partial charge in [0.1, 0.15) is 0 Å². The fourth-order valence-corrected chi connectivity index (χ4v) is 11.9. The molecule has 0 saturated heterocycles. The Morgan fingerprint density at radius 1 is 0.387 bits per heavy atom. The summed E-state index contributed by atoms with van der Waals surface area (Å²) in [6.45, 7) is 0. The number of rotatable bonds is 7. The highest BCUT2D eigenvalue weighted by atomic mass is 15.0. The van der Waals surface area contributed by atoms with Gasteiger partial charge in [0.2, 0.25) is 0 Å². The lowest BCUT2D eigenvalue weighted by Crippen LogP contribution is -2.55. The molecule has 8 aromatic carbocycles. The second-order valence-electron chi connectivity index (χ2n) is 18.4. The smallest absolute Gasteiger partial charge is 0.164 e. The maximum Gasteiger partial charge on any atom is 0.164 e. The van der Waals surface area contributed by atoms with Crippen LogP contribution in [0.4, 0.5) is 0 Å². The summed E-state index contributed by atoms with van der Waals surface area (Å²) in [6.07, 6.45) is 7.83. The molecule has 0 radical (unpaired) electrons. The van der Waals surface area contributed by atoms with Crippen molar-refractivity contribution in [1.82, 2.24) is 15.0 Å².